The summed E-state index contributed by atoms with van der Waals surface area (Å²) >= 11 is 6.10. The Labute approximate surface area is 167 Å². The highest BCUT2D eigenvalue weighted by Gasteiger charge is 2.25. The lowest BCUT2D eigenvalue weighted by Gasteiger charge is -2.19. The number of halogens is 2. The van der Waals surface area contributed by atoms with Crippen LogP contribution in [-0.2, 0) is 14.8 Å². The number of sulfonamides is 1. The average molecular weight is 424 g/mol. The first-order valence-electron chi connectivity index (χ1n) is 8.68. The fourth-order valence-electron chi connectivity index (χ4n) is 3.00. The molecule has 6 nitrogen and oxygen atoms in total. The summed E-state index contributed by atoms with van der Waals surface area (Å²) in [7, 11) is -3.67. The topological polar surface area (TPSA) is 78.5 Å². The van der Waals surface area contributed by atoms with E-state index in [1.807, 2.05) is 0 Å². The maximum absolute atomic E-state index is 12.7. The highest BCUT2D eigenvalue weighted by Crippen LogP contribution is 2.28. The molecule has 1 aliphatic heterocycles. The molecule has 2 N–H and O–H groups in total. The molecule has 0 radical (unpaired) electrons. The lowest BCUT2D eigenvalue weighted by atomic mass is 10.0. The molecule has 0 aromatic heterocycles. The van der Waals surface area contributed by atoms with Crippen LogP contribution in [0.15, 0.2) is 23.1 Å². The van der Waals surface area contributed by atoms with Crippen LogP contribution in [0.25, 0.3) is 0 Å². The molecule has 1 heterocycles. The summed E-state index contributed by atoms with van der Waals surface area (Å²) in [5.41, 5.74) is 0.449. The molecule has 148 valence electrons. The zero-order valence-corrected chi connectivity index (χ0v) is 17.5. The van der Waals surface area contributed by atoms with Crippen molar-refractivity contribution in [1.29, 1.82) is 0 Å². The molecular weight excluding hydrogens is 397 g/mol. The van der Waals surface area contributed by atoms with Crippen LogP contribution in [0.5, 0.6) is 0 Å². The van der Waals surface area contributed by atoms with Crippen LogP contribution in [0.4, 0.5) is 5.69 Å². The number of benzene rings is 1. The van der Waals surface area contributed by atoms with Gasteiger partial charge in [-0.05, 0) is 50.0 Å². The van der Waals surface area contributed by atoms with Gasteiger partial charge in [0.15, 0.2) is 0 Å². The standard InChI is InChI=1S/C17H26ClN3O3S.ClH/c1-3-21(4-2)25(23,24)16-11-14(6-7-15(16)18)20-17(22)8-5-13-9-10-19-12-13;/h6-7,11,13,19H,3-5,8-10,12H2,1-2H3,(H,20,22);1H. The van der Waals surface area contributed by atoms with E-state index >= 15 is 0 Å². The zero-order chi connectivity index (χ0) is 18.4. The van der Waals surface area contributed by atoms with Gasteiger partial charge in [-0.25, -0.2) is 8.42 Å². The van der Waals surface area contributed by atoms with E-state index in [0.717, 1.165) is 25.9 Å². The number of nitrogens with one attached hydrogen (secondary N) is 2. The van der Waals surface area contributed by atoms with E-state index in [1.54, 1.807) is 19.9 Å². The van der Waals surface area contributed by atoms with Gasteiger partial charge in [0.25, 0.3) is 0 Å². The second-order valence-electron chi connectivity index (χ2n) is 6.18. The van der Waals surface area contributed by atoms with Gasteiger partial charge in [0, 0.05) is 25.2 Å². The maximum atomic E-state index is 12.7. The van der Waals surface area contributed by atoms with Gasteiger partial charge in [-0.1, -0.05) is 25.4 Å². The molecule has 0 aliphatic carbocycles. The number of hydrogen-bond donors (Lipinski definition) is 2. The zero-order valence-electron chi connectivity index (χ0n) is 15.1. The third-order valence-corrected chi connectivity index (χ3v) is 7.01. The molecule has 9 heteroatoms. The number of hydrogen-bond acceptors (Lipinski definition) is 4. The first-order chi connectivity index (χ1) is 11.9. The second-order valence-corrected chi connectivity index (χ2v) is 8.49. The summed E-state index contributed by atoms with van der Waals surface area (Å²) in [5.74, 6) is 0.426. The van der Waals surface area contributed by atoms with Crippen LogP contribution in [-0.4, -0.2) is 44.8 Å². The Hall–Kier alpha value is -0.860. The van der Waals surface area contributed by atoms with E-state index in [-0.39, 0.29) is 28.2 Å². The SMILES string of the molecule is CCN(CC)S(=O)(=O)c1cc(NC(=O)CCC2CCNC2)ccc1Cl.Cl. The van der Waals surface area contributed by atoms with Crippen molar-refractivity contribution in [3.63, 3.8) is 0 Å². The van der Waals surface area contributed by atoms with E-state index in [1.165, 1.54) is 16.4 Å². The minimum atomic E-state index is -3.67. The summed E-state index contributed by atoms with van der Waals surface area (Å²) in [6.07, 6.45) is 2.35. The molecule has 0 saturated carbocycles. The molecule has 0 spiro atoms. The van der Waals surface area contributed by atoms with Crippen LogP contribution in [0, 0.1) is 5.92 Å². The van der Waals surface area contributed by atoms with Crippen LogP contribution < -0.4 is 10.6 Å². The number of carbonyl (C=O) groups is 1. The monoisotopic (exact) mass is 423 g/mol. The summed E-state index contributed by atoms with van der Waals surface area (Å²) in [5, 5.41) is 6.21. The fourth-order valence-corrected chi connectivity index (χ4v) is 4.96. The minimum absolute atomic E-state index is 0. The Morgan fingerprint density at radius 1 is 1.35 bits per heavy atom. The first-order valence-corrected chi connectivity index (χ1v) is 10.5. The van der Waals surface area contributed by atoms with Crippen LogP contribution >= 0.6 is 24.0 Å². The van der Waals surface area contributed by atoms with Crippen molar-refractivity contribution in [3.05, 3.63) is 23.2 Å². The van der Waals surface area contributed by atoms with Crippen molar-refractivity contribution < 1.29 is 13.2 Å². The maximum Gasteiger partial charge on any atom is 0.244 e. The fraction of sp³-hybridized carbons (Fsp3) is 0.588. The molecule has 1 amide bonds. The first kappa shape index (κ1) is 23.2. The van der Waals surface area contributed by atoms with Gasteiger partial charge in [-0.15, -0.1) is 12.4 Å². The number of anilines is 1. The van der Waals surface area contributed by atoms with Gasteiger partial charge < -0.3 is 10.6 Å². The lowest BCUT2D eigenvalue weighted by Crippen LogP contribution is -2.30. The van der Waals surface area contributed by atoms with Gasteiger partial charge in [0.2, 0.25) is 15.9 Å². The van der Waals surface area contributed by atoms with Gasteiger partial charge in [-0.2, -0.15) is 4.31 Å². The third-order valence-electron chi connectivity index (χ3n) is 4.48. The molecule has 1 aliphatic rings. The Bertz CT molecular complexity index is 703. The predicted octanol–water partition coefficient (Wildman–Crippen LogP) is 3.12. The van der Waals surface area contributed by atoms with Gasteiger partial charge in [0.05, 0.1) is 5.02 Å². The number of carbonyl (C=O) groups excluding carboxylic acids is 1. The number of rotatable bonds is 8. The number of nitrogens with zero attached hydrogens (tertiary/aromatic N) is 1. The normalized spacial score (nSPS) is 17.2. The van der Waals surface area contributed by atoms with Crippen LogP contribution in [0.1, 0.15) is 33.1 Å². The largest absolute Gasteiger partial charge is 0.326 e. The molecule has 1 unspecified atom stereocenters. The van der Waals surface area contributed by atoms with Crippen molar-refractivity contribution in [2.75, 3.05) is 31.5 Å². The Morgan fingerprint density at radius 2 is 2.04 bits per heavy atom. The molecule has 2 rings (SSSR count). The van der Waals surface area contributed by atoms with E-state index in [0.29, 0.717) is 31.1 Å². The number of amides is 1. The van der Waals surface area contributed by atoms with Gasteiger partial charge in [0.1, 0.15) is 4.90 Å². The Balaban J connectivity index is 0.00000338. The minimum Gasteiger partial charge on any atom is -0.326 e. The Morgan fingerprint density at radius 3 is 2.62 bits per heavy atom. The summed E-state index contributed by atoms with van der Waals surface area (Å²) in [6.45, 7) is 6.25. The molecule has 1 aromatic rings. The quantitative estimate of drug-likeness (QED) is 0.672. The molecule has 1 atom stereocenters. The summed E-state index contributed by atoms with van der Waals surface area (Å²) in [6, 6.07) is 4.57. The van der Waals surface area contributed by atoms with Gasteiger partial charge >= 0.3 is 0 Å². The van der Waals surface area contributed by atoms with Crippen molar-refractivity contribution in [1.82, 2.24) is 9.62 Å². The highest BCUT2D eigenvalue weighted by molar-refractivity contribution is 7.89. The summed E-state index contributed by atoms with van der Waals surface area (Å²) < 4.78 is 26.7. The molecule has 1 aromatic carbocycles. The smallest absolute Gasteiger partial charge is 0.244 e. The molecule has 26 heavy (non-hydrogen) atoms. The van der Waals surface area contributed by atoms with Crippen LogP contribution in [0.3, 0.4) is 0 Å². The van der Waals surface area contributed by atoms with E-state index in [2.05, 4.69) is 10.6 Å². The van der Waals surface area contributed by atoms with E-state index in [4.69, 9.17) is 11.6 Å². The summed E-state index contributed by atoms with van der Waals surface area (Å²) in [4.78, 5) is 12.2. The van der Waals surface area contributed by atoms with Crippen molar-refractivity contribution >= 4 is 45.6 Å². The average Bonchev–Trinajstić information content (AvgIpc) is 3.09. The van der Waals surface area contributed by atoms with E-state index < -0.39 is 10.0 Å². The van der Waals surface area contributed by atoms with Gasteiger partial charge in [-0.3, -0.25) is 4.79 Å². The molecule has 1 saturated heterocycles. The third kappa shape index (κ3) is 5.82. The predicted molar refractivity (Wildman–Crippen MR) is 108 cm³/mol. The molecule has 0 bridgehead atoms. The van der Waals surface area contributed by atoms with Crippen LogP contribution in [0.2, 0.25) is 5.02 Å². The van der Waals surface area contributed by atoms with Crippen molar-refractivity contribution in [2.45, 2.75) is 38.0 Å². The van der Waals surface area contributed by atoms with Crippen molar-refractivity contribution in [3.8, 4) is 0 Å². The molecule has 1 fully saturated rings. The second kappa shape index (κ2) is 10.5. The van der Waals surface area contributed by atoms with Crippen molar-refractivity contribution in [2.24, 2.45) is 5.92 Å². The molecular formula is C17H27Cl2N3O3S. The highest BCUT2D eigenvalue weighted by atomic mass is 35.5. The Kier molecular flexibility index (Phi) is 9.33. The van der Waals surface area contributed by atoms with E-state index in [9.17, 15) is 13.2 Å². The lowest BCUT2D eigenvalue weighted by molar-refractivity contribution is -0.116.